The van der Waals surface area contributed by atoms with Gasteiger partial charge in [-0.25, -0.2) is 8.42 Å². The van der Waals surface area contributed by atoms with Gasteiger partial charge in [-0.2, -0.15) is 4.31 Å². The molecule has 0 aromatic heterocycles. The van der Waals surface area contributed by atoms with E-state index in [-0.39, 0.29) is 10.8 Å². The average molecular weight is 504 g/mol. The Bertz CT molecular complexity index is 1110. The molecule has 9 heteroatoms. The van der Waals surface area contributed by atoms with Gasteiger partial charge >= 0.3 is 0 Å². The van der Waals surface area contributed by atoms with Crippen molar-refractivity contribution in [3.63, 3.8) is 0 Å². The van der Waals surface area contributed by atoms with Gasteiger partial charge in [-0.15, -0.1) is 11.8 Å². The number of rotatable bonds is 6. The number of hydrogen-bond acceptors (Lipinski definition) is 6. The van der Waals surface area contributed by atoms with E-state index in [1.165, 1.54) is 16.1 Å². The third kappa shape index (κ3) is 5.21. The molecule has 0 N–H and O–H groups in total. The maximum atomic E-state index is 13.5. The van der Waals surface area contributed by atoms with Crippen molar-refractivity contribution in [1.29, 1.82) is 0 Å². The number of carbonyl (C=O) groups is 1. The van der Waals surface area contributed by atoms with Crippen LogP contribution in [0.25, 0.3) is 0 Å². The van der Waals surface area contributed by atoms with E-state index >= 15 is 0 Å². The lowest BCUT2D eigenvalue weighted by atomic mass is 10.2. The summed E-state index contributed by atoms with van der Waals surface area (Å²) in [5, 5.41) is 0. The Hall–Kier alpha value is -2.23. The number of ether oxygens (including phenoxy) is 1. The van der Waals surface area contributed by atoms with Crippen molar-refractivity contribution in [3.05, 3.63) is 48.0 Å². The second kappa shape index (κ2) is 11.0. The number of sulfonamides is 1. The van der Waals surface area contributed by atoms with Crippen molar-refractivity contribution in [2.75, 3.05) is 57.5 Å². The van der Waals surface area contributed by atoms with Gasteiger partial charge in [0, 0.05) is 44.2 Å². The fourth-order valence-corrected chi connectivity index (χ4v) is 6.69. The Morgan fingerprint density at radius 1 is 0.912 bits per heavy atom. The highest BCUT2D eigenvalue weighted by Crippen LogP contribution is 2.31. The number of anilines is 1. The molecule has 7 nitrogen and oxygen atoms in total. The maximum absolute atomic E-state index is 13.5. The fraction of sp³-hybridized carbons (Fsp3) is 0.480. The number of piperazine rings is 1. The summed E-state index contributed by atoms with van der Waals surface area (Å²) < 4.78 is 34.0. The highest BCUT2D eigenvalue weighted by molar-refractivity contribution is 7.98. The number of hydrogen-bond donors (Lipinski definition) is 0. The van der Waals surface area contributed by atoms with Crippen LogP contribution in [0.15, 0.2) is 52.3 Å². The van der Waals surface area contributed by atoms with Gasteiger partial charge in [-0.3, -0.25) is 4.79 Å². The van der Waals surface area contributed by atoms with Crippen LogP contribution < -0.4 is 9.64 Å². The van der Waals surface area contributed by atoms with E-state index in [0.29, 0.717) is 31.7 Å². The molecule has 2 aromatic carbocycles. The Kier molecular flexibility index (Phi) is 8.06. The highest BCUT2D eigenvalue weighted by Gasteiger charge is 2.31. The Morgan fingerprint density at radius 2 is 1.59 bits per heavy atom. The van der Waals surface area contributed by atoms with Crippen LogP contribution in [0.3, 0.4) is 0 Å². The first-order valence-corrected chi connectivity index (χ1v) is 14.5. The molecule has 1 amide bonds. The van der Waals surface area contributed by atoms with Crippen LogP contribution in [-0.4, -0.2) is 76.2 Å². The number of para-hydroxylation sites is 2. The minimum Gasteiger partial charge on any atom is -0.495 e. The van der Waals surface area contributed by atoms with Crippen LogP contribution in [0, 0.1) is 0 Å². The summed E-state index contributed by atoms with van der Waals surface area (Å²) >= 11 is 1.47. The third-order valence-electron chi connectivity index (χ3n) is 6.60. The molecule has 4 rings (SSSR count). The molecule has 34 heavy (non-hydrogen) atoms. The first kappa shape index (κ1) is 24.9. The summed E-state index contributed by atoms with van der Waals surface area (Å²) in [5.41, 5.74) is 1.46. The van der Waals surface area contributed by atoms with E-state index in [0.717, 1.165) is 55.1 Å². The van der Waals surface area contributed by atoms with Gasteiger partial charge in [0.2, 0.25) is 10.0 Å². The lowest BCUT2D eigenvalue weighted by molar-refractivity contribution is 0.0758. The third-order valence-corrected chi connectivity index (χ3v) is 9.29. The van der Waals surface area contributed by atoms with Crippen LogP contribution in [0.2, 0.25) is 0 Å². The van der Waals surface area contributed by atoms with Gasteiger partial charge in [0.05, 0.1) is 23.3 Å². The summed E-state index contributed by atoms with van der Waals surface area (Å²) in [7, 11) is -2.07. The molecule has 184 valence electrons. The zero-order chi connectivity index (χ0) is 24.1. The summed E-state index contributed by atoms with van der Waals surface area (Å²) in [6.07, 6.45) is 6.17. The van der Waals surface area contributed by atoms with Gasteiger partial charge in [-0.05, 0) is 49.4 Å². The Labute approximate surface area is 207 Å². The first-order valence-electron chi connectivity index (χ1n) is 11.8. The second-order valence-corrected chi connectivity index (χ2v) is 11.4. The zero-order valence-electron chi connectivity index (χ0n) is 19.9. The minimum atomic E-state index is -3.71. The number of likely N-dealkylation sites (tertiary alicyclic amines) is 1. The lowest BCUT2D eigenvalue weighted by Gasteiger charge is -2.36. The summed E-state index contributed by atoms with van der Waals surface area (Å²) in [6.45, 7) is 3.35. The van der Waals surface area contributed by atoms with Gasteiger partial charge in [0.25, 0.3) is 5.91 Å². The molecular weight excluding hydrogens is 470 g/mol. The molecule has 2 fully saturated rings. The van der Waals surface area contributed by atoms with Crippen molar-refractivity contribution >= 4 is 33.4 Å². The van der Waals surface area contributed by atoms with Crippen LogP contribution in [0.5, 0.6) is 5.75 Å². The summed E-state index contributed by atoms with van der Waals surface area (Å²) in [6, 6.07) is 12.8. The van der Waals surface area contributed by atoms with Crippen molar-refractivity contribution < 1.29 is 17.9 Å². The average Bonchev–Trinajstić information content (AvgIpc) is 3.17. The standard InChI is InChI=1S/C25H33N3O4S2/c1-32-23-10-6-5-9-22(23)26-15-17-28(18-16-26)34(30,31)20-11-12-24(33-2)21(19-20)25(29)27-13-7-3-4-8-14-27/h5-6,9-12,19H,3-4,7-8,13-18H2,1-2H3. The predicted molar refractivity (Wildman–Crippen MR) is 137 cm³/mol. The SMILES string of the molecule is COc1ccccc1N1CCN(S(=O)(=O)c2ccc(SC)c(C(=O)N3CCCCCC3)c2)CC1. The smallest absolute Gasteiger partial charge is 0.255 e. The molecule has 2 aliphatic rings. The number of benzene rings is 2. The van der Waals surface area contributed by atoms with Crippen molar-refractivity contribution in [2.45, 2.75) is 35.5 Å². The van der Waals surface area contributed by atoms with E-state index < -0.39 is 10.0 Å². The molecule has 2 saturated heterocycles. The molecular formula is C25H33N3O4S2. The molecule has 0 aliphatic carbocycles. The van der Waals surface area contributed by atoms with Crippen LogP contribution in [0.4, 0.5) is 5.69 Å². The normalized spacial score (nSPS) is 17.9. The molecule has 0 bridgehead atoms. The van der Waals surface area contributed by atoms with E-state index in [4.69, 9.17) is 4.74 Å². The molecule has 0 atom stereocenters. The van der Waals surface area contributed by atoms with Gasteiger partial charge in [-0.1, -0.05) is 25.0 Å². The Morgan fingerprint density at radius 3 is 2.24 bits per heavy atom. The van der Waals surface area contributed by atoms with Crippen molar-refractivity contribution in [1.82, 2.24) is 9.21 Å². The first-order chi connectivity index (χ1) is 16.5. The van der Waals surface area contributed by atoms with Crippen LogP contribution in [-0.2, 0) is 10.0 Å². The molecule has 0 spiro atoms. The van der Waals surface area contributed by atoms with Gasteiger partial charge < -0.3 is 14.5 Å². The monoisotopic (exact) mass is 503 g/mol. The second-order valence-electron chi connectivity index (χ2n) is 8.63. The van der Waals surface area contributed by atoms with E-state index in [1.807, 2.05) is 35.4 Å². The van der Waals surface area contributed by atoms with Crippen molar-refractivity contribution in [2.24, 2.45) is 0 Å². The lowest BCUT2D eigenvalue weighted by Crippen LogP contribution is -2.48. The number of amides is 1. The highest BCUT2D eigenvalue weighted by atomic mass is 32.2. The largest absolute Gasteiger partial charge is 0.495 e. The zero-order valence-corrected chi connectivity index (χ0v) is 21.5. The van der Waals surface area contributed by atoms with Gasteiger partial charge in [0.15, 0.2) is 0 Å². The number of carbonyl (C=O) groups excluding carboxylic acids is 1. The molecule has 0 radical (unpaired) electrons. The predicted octanol–water partition coefficient (Wildman–Crippen LogP) is 3.94. The quantitative estimate of drug-likeness (QED) is 0.556. The van der Waals surface area contributed by atoms with Crippen LogP contribution in [0.1, 0.15) is 36.0 Å². The minimum absolute atomic E-state index is 0.0655. The number of methoxy groups -OCH3 is 1. The number of thioether (sulfide) groups is 1. The summed E-state index contributed by atoms with van der Waals surface area (Å²) in [5.74, 6) is 0.715. The fourth-order valence-electron chi connectivity index (χ4n) is 4.67. The van der Waals surface area contributed by atoms with Crippen molar-refractivity contribution in [3.8, 4) is 5.75 Å². The number of nitrogens with zero attached hydrogens (tertiary/aromatic N) is 3. The Balaban J connectivity index is 1.53. The van der Waals surface area contributed by atoms with E-state index in [2.05, 4.69) is 4.90 Å². The maximum Gasteiger partial charge on any atom is 0.255 e. The molecule has 2 aliphatic heterocycles. The molecule has 2 aromatic rings. The topological polar surface area (TPSA) is 70.2 Å². The van der Waals surface area contributed by atoms with Crippen LogP contribution >= 0.6 is 11.8 Å². The molecule has 2 heterocycles. The van der Waals surface area contributed by atoms with Gasteiger partial charge in [0.1, 0.15) is 5.75 Å². The van der Waals surface area contributed by atoms with E-state index in [9.17, 15) is 13.2 Å². The summed E-state index contributed by atoms with van der Waals surface area (Å²) in [4.78, 5) is 18.4. The molecule has 0 unspecified atom stereocenters. The molecule has 0 saturated carbocycles. The van der Waals surface area contributed by atoms with E-state index in [1.54, 1.807) is 25.3 Å².